The molecule has 1 amide bonds. The maximum absolute atomic E-state index is 12.5. The Morgan fingerprint density at radius 2 is 1.63 bits per heavy atom. The minimum absolute atomic E-state index is 0.201. The molecule has 19 heavy (non-hydrogen) atoms. The predicted octanol–water partition coefficient (Wildman–Crippen LogP) is 3.82. The summed E-state index contributed by atoms with van der Waals surface area (Å²) in [6, 6.07) is 4.25. The van der Waals surface area contributed by atoms with Gasteiger partial charge in [0.1, 0.15) is 0 Å². The van der Waals surface area contributed by atoms with Crippen molar-refractivity contribution < 1.29 is 4.79 Å². The molecule has 0 bridgehead atoms. The zero-order valence-corrected chi connectivity index (χ0v) is 15.1. The van der Waals surface area contributed by atoms with Crippen LogP contribution >= 0.6 is 15.8 Å². The molecule has 0 heterocycles. The number of nitrogens with one attached hydrogen (secondary N) is 1. The van der Waals surface area contributed by atoms with Crippen molar-refractivity contribution >= 4 is 27.4 Å². The standard InChI is InChI=1S/C15H27NOP2/c1-10-8-11(2)13(12(3)9-10)16-14(17)15(18-4)19(5,6)7/h8-9,15,18-19H,1-7H3,(H,16,17). The van der Waals surface area contributed by atoms with Gasteiger partial charge in [0.15, 0.2) is 0 Å². The number of carbonyl (C=O) groups is 1. The summed E-state index contributed by atoms with van der Waals surface area (Å²) < 4.78 is 0. The molecule has 0 aromatic heterocycles. The normalized spacial score (nSPS) is 14.7. The SMILES string of the molecule is CPC(C(=O)Nc1c(C)cc(C)cc1C)[PH](C)(C)C. The van der Waals surface area contributed by atoms with Gasteiger partial charge in [0.2, 0.25) is 0 Å². The molecule has 2 atom stereocenters. The van der Waals surface area contributed by atoms with Gasteiger partial charge >= 0.3 is 119 Å². The van der Waals surface area contributed by atoms with Crippen molar-refractivity contribution in [3.63, 3.8) is 0 Å². The molecule has 0 saturated heterocycles. The van der Waals surface area contributed by atoms with E-state index < -0.39 is 7.26 Å². The number of carbonyl (C=O) groups excluding carboxylic acids is 1. The summed E-state index contributed by atoms with van der Waals surface area (Å²) in [5.74, 6) is 0.204. The minimum atomic E-state index is -1.45. The molecule has 0 radical (unpaired) electrons. The Morgan fingerprint density at radius 1 is 1.16 bits per heavy atom. The molecule has 1 rings (SSSR count). The monoisotopic (exact) mass is 299 g/mol. The van der Waals surface area contributed by atoms with E-state index in [1.54, 1.807) is 0 Å². The van der Waals surface area contributed by atoms with Crippen molar-refractivity contribution in [3.05, 3.63) is 28.8 Å². The molecule has 0 saturated carbocycles. The van der Waals surface area contributed by atoms with E-state index >= 15 is 0 Å². The molecule has 108 valence electrons. The molecule has 0 aliphatic carbocycles. The Bertz CT molecular complexity index is 455. The maximum atomic E-state index is 12.5. The van der Waals surface area contributed by atoms with Gasteiger partial charge in [0.25, 0.3) is 0 Å². The van der Waals surface area contributed by atoms with Crippen LogP contribution in [-0.4, -0.2) is 38.0 Å². The fraction of sp³-hybridized carbons (Fsp3) is 0.533. The number of benzene rings is 1. The second-order valence-corrected chi connectivity index (χ2v) is 13.4. The molecule has 2 nitrogen and oxygen atoms in total. The first-order valence-corrected chi connectivity index (χ1v) is 11.9. The molecule has 0 aliphatic heterocycles. The molecule has 1 aromatic carbocycles. The molecule has 1 N–H and O–H groups in total. The Morgan fingerprint density at radius 3 is 2.00 bits per heavy atom. The third kappa shape index (κ3) is 4.26. The third-order valence-electron chi connectivity index (χ3n) is 3.34. The zero-order chi connectivity index (χ0) is 14.8. The van der Waals surface area contributed by atoms with Crippen LogP contribution in [0.25, 0.3) is 0 Å². The first-order valence-electron chi connectivity index (χ1n) is 6.72. The van der Waals surface area contributed by atoms with Crippen LogP contribution in [0.4, 0.5) is 5.69 Å². The van der Waals surface area contributed by atoms with Crippen LogP contribution in [0.5, 0.6) is 0 Å². The van der Waals surface area contributed by atoms with E-state index in [0.29, 0.717) is 8.58 Å². The van der Waals surface area contributed by atoms with Crippen molar-refractivity contribution in [2.24, 2.45) is 0 Å². The van der Waals surface area contributed by atoms with Gasteiger partial charge in [-0.3, -0.25) is 0 Å². The number of aryl methyl sites for hydroxylation is 3. The van der Waals surface area contributed by atoms with Crippen molar-refractivity contribution in [2.75, 3.05) is 32.0 Å². The third-order valence-corrected chi connectivity index (χ3v) is 9.64. The summed E-state index contributed by atoms with van der Waals surface area (Å²) in [6.07, 6.45) is 0. The summed E-state index contributed by atoms with van der Waals surface area (Å²) >= 11 is 0. The molecular weight excluding hydrogens is 272 g/mol. The number of rotatable bonds is 4. The Kier molecular flexibility index (Phi) is 5.53. The first-order chi connectivity index (χ1) is 8.66. The molecule has 1 aromatic rings. The topological polar surface area (TPSA) is 29.1 Å². The molecule has 0 spiro atoms. The predicted molar refractivity (Wildman–Crippen MR) is 93.4 cm³/mol. The molecule has 0 fully saturated rings. The average molecular weight is 299 g/mol. The van der Waals surface area contributed by atoms with Crippen LogP contribution in [0.3, 0.4) is 0 Å². The van der Waals surface area contributed by atoms with Gasteiger partial charge in [0, 0.05) is 0 Å². The summed E-state index contributed by atoms with van der Waals surface area (Å²) in [6.45, 7) is 15.1. The second kappa shape index (κ2) is 6.33. The Labute approximate surface area is 119 Å². The van der Waals surface area contributed by atoms with Gasteiger partial charge in [-0.15, -0.1) is 0 Å². The zero-order valence-electron chi connectivity index (χ0n) is 13.1. The van der Waals surface area contributed by atoms with E-state index in [9.17, 15) is 4.79 Å². The van der Waals surface area contributed by atoms with E-state index in [-0.39, 0.29) is 11.3 Å². The summed E-state index contributed by atoms with van der Waals surface area (Å²) in [5.41, 5.74) is 4.54. The second-order valence-electron chi connectivity index (χ2n) is 6.35. The molecular formula is C15H27NOP2. The van der Waals surface area contributed by atoms with Crippen molar-refractivity contribution in [1.82, 2.24) is 0 Å². The average Bonchev–Trinajstić information content (AvgIpc) is 2.22. The van der Waals surface area contributed by atoms with Gasteiger partial charge in [-0.2, -0.15) is 0 Å². The van der Waals surface area contributed by atoms with Gasteiger partial charge in [0.05, 0.1) is 0 Å². The van der Waals surface area contributed by atoms with Gasteiger partial charge in [-0.05, 0) is 0 Å². The Hall–Kier alpha value is -0.450. The Balaban J connectivity index is 3.00. The summed E-state index contributed by atoms with van der Waals surface area (Å²) in [7, 11) is -0.776. The van der Waals surface area contributed by atoms with E-state index in [2.05, 4.69) is 64.9 Å². The summed E-state index contributed by atoms with van der Waals surface area (Å²) in [4.78, 5) is 12.5. The number of hydrogen-bond donors (Lipinski definition) is 1. The number of hydrogen-bond acceptors (Lipinski definition) is 1. The molecule has 0 aliphatic rings. The van der Waals surface area contributed by atoms with Crippen LogP contribution in [-0.2, 0) is 4.79 Å². The van der Waals surface area contributed by atoms with Crippen LogP contribution in [0.1, 0.15) is 16.7 Å². The fourth-order valence-corrected chi connectivity index (χ4v) is 7.19. The van der Waals surface area contributed by atoms with E-state index in [1.807, 2.05) is 0 Å². The fourth-order valence-electron chi connectivity index (χ4n) is 2.53. The van der Waals surface area contributed by atoms with E-state index in [0.717, 1.165) is 16.8 Å². The van der Waals surface area contributed by atoms with Crippen molar-refractivity contribution in [3.8, 4) is 0 Å². The van der Waals surface area contributed by atoms with Crippen LogP contribution in [0.2, 0.25) is 0 Å². The van der Waals surface area contributed by atoms with Gasteiger partial charge < -0.3 is 0 Å². The van der Waals surface area contributed by atoms with Crippen molar-refractivity contribution in [2.45, 2.75) is 26.2 Å². The quantitative estimate of drug-likeness (QED) is 0.841. The molecule has 4 heteroatoms. The number of amides is 1. The summed E-state index contributed by atoms with van der Waals surface area (Å²) in [5, 5.41) is 3.37. The van der Waals surface area contributed by atoms with Crippen LogP contribution < -0.4 is 5.32 Å². The van der Waals surface area contributed by atoms with E-state index in [4.69, 9.17) is 0 Å². The van der Waals surface area contributed by atoms with Crippen LogP contribution in [0.15, 0.2) is 12.1 Å². The number of anilines is 1. The van der Waals surface area contributed by atoms with Gasteiger partial charge in [-0.1, -0.05) is 0 Å². The van der Waals surface area contributed by atoms with Crippen LogP contribution in [0, 0.1) is 20.8 Å². The van der Waals surface area contributed by atoms with Crippen molar-refractivity contribution in [1.29, 1.82) is 0 Å². The van der Waals surface area contributed by atoms with E-state index in [1.165, 1.54) is 5.56 Å². The molecule has 2 unspecified atom stereocenters. The first kappa shape index (κ1) is 16.6. The van der Waals surface area contributed by atoms with Gasteiger partial charge in [-0.25, -0.2) is 0 Å².